The average Bonchev–Trinajstić information content (AvgIpc) is 3.26. The second kappa shape index (κ2) is 19.9. The van der Waals surface area contributed by atoms with Gasteiger partial charge in [0.2, 0.25) is 0 Å². The molecule has 5 rings (SSSR count). The van der Waals surface area contributed by atoms with Crippen LogP contribution in [0.1, 0.15) is 64.0 Å². The number of pyridine rings is 4. The summed E-state index contributed by atoms with van der Waals surface area (Å²) in [6, 6.07) is 20.1. The Kier molecular flexibility index (Phi) is 17.8. The first-order valence-corrected chi connectivity index (χ1v) is 13.0. The van der Waals surface area contributed by atoms with E-state index in [1.54, 1.807) is 0 Å². The van der Waals surface area contributed by atoms with Gasteiger partial charge in [0, 0.05) is 47.6 Å². The minimum absolute atomic E-state index is 0. The topological polar surface area (TPSA) is 64.7 Å². The molecule has 0 saturated heterocycles. The highest BCUT2D eigenvalue weighted by molar-refractivity contribution is 5.14. The average molecular weight is 541 g/mol. The van der Waals surface area contributed by atoms with Crippen LogP contribution in [0.5, 0.6) is 0 Å². The van der Waals surface area contributed by atoms with Gasteiger partial charge in [0.05, 0.1) is 0 Å². The van der Waals surface area contributed by atoms with Crippen LogP contribution < -0.4 is 0 Å². The monoisotopic (exact) mass is 540 g/mol. The Bertz CT molecular complexity index is 1160. The van der Waals surface area contributed by atoms with E-state index in [9.17, 15) is 0 Å². The van der Waals surface area contributed by atoms with Crippen LogP contribution in [0.25, 0.3) is 0 Å². The molecule has 0 bridgehead atoms. The predicted octanol–water partition coefficient (Wildman–Crippen LogP) is 9.33. The molecular formula is C35H48N4O. The van der Waals surface area contributed by atoms with E-state index in [2.05, 4.69) is 38.1 Å². The summed E-state index contributed by atoms with van der Waals surface area (Å²) in [6.07, 6.45) is 7.45. The Morgan fingerprint density at radius 1 is 0.450 bits per heavy atom. The summed E-state index contributed by atoms with van der Waals surface area (Å²) in [6.45, 7) is 20.0. The smallest absolute Gasteiger partial charge is 0.101 e. The van der Waals surface area contributed by atoms with Crippen molar-refractivity contribution in [2.45, 2.75) is 76.7 Å². The maximum Gasteiger partial charge on any atom is 0.101 e. The Balaban J connectivity index is 0.000000473. The lowest BCUT2D eigenvalue weighted by Gasteiger charge is -1.90. The molecule has 5 nitrogen and oxygen atoms in total. The number of aryl methyl sites for hydroxylation is 10. The number of hydrogen-bond acceptors (Lipinski definition) is 5. The molecule has 0 unspecified atom stereocenters. The lowest BCUT2D eigenvalue weighted by Crippen LogP contribution is -1.81. The van der Waals surface area contributed by atoms with Gasteiger partial charge in [-0.25, -0.2) is 0 Å². The van der Waals surface area contributed by atoms with Crippen LogP contribution in [0.15, 0.2) is 89.9 Å². The van der Waals surface area contributed by atoms with Crippen molar-refractivity contribution in [2.24, 2.45) is 0 Å². The molecule has 0 amide bonds. The molecule has 0 atom stereocenters. The van der Waals surface area contributed by atoms with E-state index in [4.69, 9.17) is 4.42 Å². The van der Waals surface area contributed by atoms with Gasteiger partial charge in [-0.3, -0.25) is 19.9 Å². The van der Waals surface area contributed by atoms with Crippen molar-refractivity contribution in [3.8, 4) is 0 Å². The van der Waals surface area contributed by atoms with E-state index in [0.717, 1.165) is 34.3 Å². The number of hydrogen-bond donors (Lipinski definition) is 0. The van der Waals surface area contributed by atoms with E-state index in [1.807, 2.05) is 136 Å². The van der Waals surface area contributed by atoms with Crippen LogP contribution in [0.3, 0.4) is 0 Å². The van der Waals surface area contributed by atoms with Crippen molar-refractivity contribution in [1.29, 1.82) is 0 Å². The van der Waals surface area contributed by atoms with Gasteiger partial charge in [0.25, 0.3) is 0 Å². The van der Waals surface area contributed by atoms with Crippen LogP contribution in [-0.4, -0.2) is 19.9 Å². The third-order valence-electron chi connectivity index (χ3n) is 5.03. The molecule has 0 aromatic carbocycles. The van der Waals surface area contributed by atoms with Gasteiger partial charge in [-0.15, -0.1) is 0 Å². The maximum absolute atomic E-state index is 5.08. The molecule has 0 spiro atoms. The molecule has 0 aliphatic heterocycles. The Labute approximate surface area is 242 Å². The van der Waals surface area contributed by atoms with E-state index in [0.29, 0.717) is 0 Å². The molecule has 0 saturated carbocycles. The van der Waals surface area contributed by atoms with Gasteiger partial charge in [-0.05, 0) is 128 Å². The molecule has 0 fully saturated rings. The maximum atomic E-state index is 5.08. The van der Waals surface area contributed by atoms with Crippen molar-refractivity contribution < 1.29 is 4.42 Å². The fourth-order valence-electron chi connectivity index (χ4n) is 3.03. The molecular weight excluding hydrogens is 492 g/mol. The molecule has 5 aromatic rings. The summed E-state index contributed by atoms with van der Waals surface area (Å²) in [7, 11) is 0. The molecule has 40 heavy (non-hydrogen) atoms. The van der Waals surface area contributed by atoms with Gasteiger partial charge in [0.1, 0.15) is 11.5 Å². The van der Waals surface area contributed by atoms with Crippen molar-refractivity contribution in [2.75, 3.05) is 0 Å². The fourth-order valence-corrected chi connectivity index (χ4v) is 3.03. The van der Waals surface area contributed by atoms with E-state index >= 15 is 0 Å². The summed E-state index contributed by atoms with van der Waals surface area (Å²) in [5.74, 6) is 1.97. The number of nitrogens with zero attached hydrogens (tertiary/aromatic N) is 4. The first-order valence-electron chi connectivity index (χ1n) is 13.0. The Morgan fingerprint density at radius 3 is 1.07 bits per heavy atom. The van der Waals surface area contributed by atoms with Crippen LogP contribution in [-0.2, 0) is 0 Å². The Morgan fingerprint density at radius 2 is 0.875 bits per heavy atom. The lowest BCUT2D eigenvalue weighted by molar-refractivity contribution is 0.504. The van der Waals surface area contributed by atoms with E-state index < -0.39 is 0 Å². The highest BCUT2D eigenvalue weighted by Crippen LogP contribution is 2.02. The molecule has 0 aliphatic carbocycles. The summed E-state index contributed by atoms with van der Waals surface area (Å²) in [5, 5.41) is 0. The number of furan rings is 1. The molecule has 0 radical (unpaired) electrons. The predicted molar refractivity (Wildman–Crippen MR) is 170 cm³/mol. The Hall–Kier alpha value is -4.12. The van der Waals surface area contributed by atoms with Gasteiger partial charge in [-0.2, -0.15) is 0 Å². The number of rotatable bonds is 0. The second-order valence-electron chi connectivity index (χ2n) is 9.57. The van der Waals surface area contributed by atoms with Gasteiger partial charge in [-0.1, -0.05) is 31.7 Å². The standard InChI is InChI=1S/4C7H9N.C6H8O.CH4/c1-6-3-7(2)5-8-4-6;2*1-6-3-4-7(2)8-5-6;1-6-4-3-5-7(2)8-6;1-5-3-4-6(2)7-5;/h4*3-5H,1-2H3;3-4H,1-2H3;1H4. The molecule has 5 heteroatoms. The SMILES string of the molecule is C.Cc1ccc(C)nc1.Cc1ccc(C)nc1.Cc1ccc(C)o1.Cc1cccc(C)n1.Cc1cncc(C)c1. The summed E-state index contributed by atoms with van der Waals surface area (Å²) < 4.78 is 5.08. The quantitative estimate of drug-likeness (QED) is 0.196. The zero-order valence-electron chi connectivity index (χ0n) is 25.3. The number of aromatic nitrogens is 4. The highest BCUT2D eigenvalue weighted by atomic mass is 16.3. The molecule has 0 N–H and O–H groups in total. The zero-order chi connectivity index (χ0) is 29.2. The normalized spacial score (nSPS) is 9.05. The highest BCUT2D eigenvalue weighted by Gasteiger charge is 1.86. The van der Waals surface area contributed by atoms with Crippen LogP contribution in [0.2, 0.25) is 0 Å². The molecule has 5 heterocycles. The van der Waals surface area contributed by atoms with E-state index in [-0.39, 0.29) is 7.43 Å². The van der Waals surface area contributed by atoms with Gasteiger partial charge >= 0.3 is 0 Å². The van der Waals surface area contributed by atoms with E-state index in [1.165, 1.54) is 22.3 Å². The van der Waals surface area contributed by atoms with Crippen LogP contribution in [0.4, 0.5) is 0 Å². The molecule has 214 valence electrons. The minimum atomic E-state index is 0. The largest absolute Gasteiger partial charge is 0.467 e. The van der Waals surface area contributed by atoms with Gasteiger partial charge < -0.3 is 4.42 Å². The first-order chi connectivity index (χ1) is 18.4. The zero-order valence-corrected chi connectivity index (χ0v) is 25.3. The van der Waals surface area contributed by atoms with Crippen molar-refractivity contribution >= 4 is 0 Å². The van der Waals surface area contributed by atoms with Crippen LogP contribution in [0, 0.1) is 69.2 Å². The third kappa shape index (κ3) is 18.2. The van der Waals surface area contributed by atoms with Crippen molar-refractivity contribution in [3.05, 3.63) is 142 Å². The molecule has 0 aliphatic rings. The van der Waals surface area contributed by atoms with Crippen LogP contribution >= 0.6 is 0 Å². The first kappa shape index (κ1) is 35.9. The summed E-state index contributed by atoms with van der Waals surface area (Å²) in [4.78, 5) is 16.3. The van der Waals surface area contributed by atoms with Crippen molar-refractivity contribution in [3.63, 3.8) is 0 Å². The third-order valence-corrected chi connectivity index (χ3v) is 5.03. The lowest BCUT2D eigenvalue weighted by atomic mass is 10.2. The van der Waals surface area contributed by atoms with Crippen molar-refractivity contribution in [1.82, 2.24) is 19.9 Å². The molecule has 5 aromatic heterocycles. The summed E-state index contributed by atoms with van der Waals surface area (Å²) >= 11 is 0. The fraction of sp³-hybridized carbons (Fsp3) is 0.314. The second-order valence-corrected chi connectivity index (χ2v) is 9.57. The summed E-state index contributed by atoms with van der Waals surface area (Å²) in [5.41, 5.74) is 9.22. The van der Waals surface area contributed by atoms with Gasteiger partial charge in [0.15, 0.2) is 0 Å². The minimum Gasteiger partial charge on any atom is -0.467 e.